The quantitative estimate of drug-likeness (QED) is 0.748. The molecule has 0 aromatic heterocycles. The first kappa shape index (κ1) is 16.4. The summed E-state index contributed by atoms with van der Waals surface area (Å²) in [7, 11) is 0. The number of benzene rings is 1. The lowest BCUT2D eigenvalue weighted by atomic mass is 10.1. The number of amides is 2. The van der Waals surface area contributed by atoms with E-state index < -0.39 is 17.8 Å². The molecule has 0 bridgehead atoms. The Balaban J connectivity index is 1.80. The number of alkyl halides is 3. The van der Waals surface area contributed by atoms with Crippen LogP contribution in [0.2, 0.25) is 0 Å². The molecule has 2 amide bonds. The molecule has 120 valence electrons. The Morgan fingerprint density at radius 2 is 2.14 bits per heavy atom. The van der Waals surface area contributed by atoms with Crippen LogP contribution in [-0.4, -0.2) is 25.7 Å². The number of hydrogen-bond acceptors (Lipinski definition) is 2. The second-order valence-electron chi connectivity index (χ2n) is 5.03. The van der Waals surface area contributed by atoms with E-state index in [4.69, 9.17) is 0 Å². The van der Waals surface area contributed by atoms with Gasteiger partial charge in [0.25, 0.3) is 0 Å². The first-order chi connectivity index (χ1) is 10.4. The molecule has 1 aromatic carbocycles. The van der Waals surface area contributed by atoms with Crippen molar-refractivity contribution in [1.29, 1.82) is 0 Å². The summed E-state index contributed by atoms with van der Waals surface area (Å²) in [5.74, 6) is 0. The van der Waals surface area contributed by atoms with Crippen LogP contribution in [0.5, 0.6) is 0 Å². The molecule has 4 nitrogen and oxygen atoms in total. The number of hydrogen-bond donors (Lipinski definition) is 3. The van der Waals surface area contributed by atoms with Crippen molar-refractivity contribution >= 4 is 11.7 Å². The van der Waals surface area contributed by atoms with Gasteiger partial charge in [-0.15, -0.1) is 0 Å². The molecular weight excluding hydrogens is 295 g/mol. The summed E-state index contributed by atoms with van der Waals surface area (Å²) >= 11 is 0. The lowest BCUT2D eigenvalue weighted by Gasteiger charge is -2.14. The molecule has 1 aliphatic rings. The number of nitrogens with one attached hydrogen (secondary N) is 3. The fourth-order valence-electron chi connectivity index (χ4n) is 2.18. The third-order valence-electron chi connectivity index (χ3n) is 3.34. The Hall–Kier alpha value is -2.02. The Morgan fingerprint density at radius 1 is 1.32 bits per heavy atom. The monoisotopic (exact) mass is 313 g/mol. The lowest BCUT2D eigenvalue weighted by Crippen LogP contribution is -2.30. The second kappa shape index (κ2) is 7.31. The average molecular weight is 313 g/mol. The van der Waals surface area contributed by atoms with E-state index in [2.05, 4.69) is 22.0 Å². The van der Waals surface area contributed by atoms with Crippen LogP contribution >= 0.6 is 0 Å². The van der Waals surface area contributed by atoms with E-state index in [1.54, 1.807) is 0 Å². The molecule has 0 spiro atoms. The summed E-state index contributed by atoms with van der Waals surface area (Å²) < 4.78 is 37.7. The Kier molecular flexibility index (Phi) is 5.43. The van der Waals surface area contributed by atoms with Crippen molar-refractivity contribution in [3.63, 3.8) is 0 Å². The maximum atomic E-state index is 12.6. The highest BCUT2D eigenvalue weighted by atomic mass is 19.4. The van der Waals surface area contributed by atoms with Crippen molar-refractivity contribution in [2.75, 3.05) is 25.0 Å². The Bertz CT molecular complexity index is 555. The highest BCUT2D eigenvalue weighted by Gasteiger charge is 2.30. The molecule has 0 fully saturated rings. The average Bonchev–Trinajstić information content (AvgIpc) is 2.48. The van der Waals surface area contributed by atoms with Crippen LogP contribution in [0.3, 0.4) is 0 Å². The van der Waals surface area contributed by atoms with E-state index in [0.29, 0.717) is 6.54 Å². The summed E-state index contributed by atoms with van der Waals surface area (Å²) in [6.07, 6.45) is -0.625. The van der Waals surface area contributed by atoms with Gasteiger partial charge >= 0.3 is 12.2 Å². The second-order valence-corrected chi connectivity index (χ2v) is 5.03. The zero-order valence-corrected chi connectivity index (χ0v) is 12.0. The molecule has 22 heavy (non-hydrogen) atoms. The van der Waals surface area contributed by atoms with E-state index >= 15 is 0 Å². The molecule has 2 rings (SSSR count). The number of halogens is 3. The summed E-state index contributed by atoms with van der Waals surface area (Å²) in [6, 6.07) is 4.05. The fourth-order valence-corrected chi connectivity index (χ4v) is 2.18. The van der Waals surface area contributed by atoms with Crippen molar-refractivity contribution in [2.24, 2.45) is 0 Å². The fraction of sp³-hybridized carbons (Fsp3) is 0.400. The zero-order valence-electron chi connectivity index (χ0n) is 12.0. The minimum Gasteiger partial charge on any atom is -0.338 e. The van der Waals surface area contributed by atoms with Crippen molar-refractivity contribution in [3.05, 3.63) is 41.5 Å². The predicted octanol–water partition coefficient (Wildman–Crippen LogP) is 3.14. The summed E-state index contributed by atoms with van der Waals surface area (Å²) in [5.41, 5.74) is 0.608. The summed E-state index contributed by atoms with van der Waals surface area (Å²) in [6.45, 7) is 2.23. The van der Waals surface area contributed by atoms with Crippen molar-refractivity contribution in [3.8, 4) is 0 Å². The normalized spacial score (nSPS) is 15.1. The van der Waals surface area contributed by atoms with E-state index in [1.165, 1.54) is 17.7 Å². The van der Waals surface area contributed by atoms with Gasteiger partial charge in [0.05, 0.1) is 5.56 Å². The van der Waals surface area contributed by atoms with Gasteiger partial charge in [-0.05, 0) is 37.6 Å². The lowest BCUT2D eigenvalue weighted by molar-refractivity contribution is -0.137. The van der Waals surface area contributed by atoms with Crippen LogP contribution in [0.25, 0.3) is 0 Å². The van der Waals surface area contributed by atoms with Crippen LogP contribution in [0, 0.1) is 0 Å². The van der Waals surface area contributed by atoms with E-state index in [1.807, 2.05) is 0 Å². The topological polar surface area (TPSA) is 53.2 Å². The number of urea groups is 1. The number of anilines is 1. The first-order valence-corrected chi connectivity index (χ1v) is 7.06. The molecule has 0 saturated carbocycles. The smallest absolute Gasteiger partial charge is 0.338 e. The van der Waals surface area contributed by atoms with E-state index in [9.17, 15) is 18.0 Å². The van der Waals surface area contributed by atoms with Gasteiger partial charge in [0.15, 0.2) is 0 Å². The zero-order chi connectivity index (χ0) is 16.0. The molecule has 1 aromatic rings. The Morgan fingerprint density at radius 3 is 2.82 bits per heavy atom. The van der Waals surface area contributed by atoms with Gasteiger partial charge < -0.3 is 16.0 Å². The molecule has 1 heterocycles. The maximum Gasteiger partial charge on any atom is 0.416 e. The molecule has 7 heteroatoms. The third-order valence-corrected chi connectivity index (χ3v) is 3.34. The van der Waals surface area contributed by atoms with Crippen LogP contribution < -0.4 is 16.0 Å². The summed E-state index contributed by atoms with van der Waals surface area (Å²) in [5, 5.41) is 8.25. The molecular formula is C15H18F3N3O. The summed E-state index contributed by atoms with van der Waals surface area (Å²) in [4.78, 5) is 11.7. The van der Waals surface area contributed by atoms with Gasteiger partial charge in [0, 0.05) is 18.8 Å². The van der Waals surface area contributed by atoms with Gasteiger partial charge in [-0.3, -0.25) is 0 Å². The number of rotatable bonds is 4. The first-order valence-electron chi connectivity index (χ1n) is 7.06. The molecule has 0 atom stereocenters. The largest absolute Gasteiger partial charge is 0.416 e. The molecule has 1 aliphatic heterocycles. The highest BCUT2D eigenvalue weighted by Crippen LogP contribution is 2.30. The van der Waals surface area contributed by atoms with Crippen LogP contribution in [0.15, 0.2) is 35.9 Å². The predicted molar refractivity (Wildman–Crippen MR) is 78.7 cm³/mol. The standard InChI is InChI=1S/C15H18F3N3O/c16-15(17,18)12-2-1-3-13(10-12)21-14(22)20-9-6-11-4-7-19-8-5-11/h1-4,10,19H,5-9H2,(H2,20,21,22). The Labute approximate surface area is 126 Å². The molecule has 3 N–H and O–H groups in total. The van der Waals surface area contributed by atoms with Crippen LogP contribution in [0.1, 0.15) is 18.4 Å². The molecule has 0 unspecified atom stereocenters. The van der Waals surface area contributed by atoms with Crippen molar-refractivity contribution < 1.29 is 18.0 Å². The molecule has 0 radical (unpaired) electrons. The molecule has 0 aliphatic carbocycles. The van der Waals surface area contributed by atoms with Crippen molar-refractivity contribution in [2.45, 2.75) is 19.0 Å². The molecule has 0 saturated heterocycles. The van der Waals surface area contributed by atoms with Crippen molar-refractivity contribution in [1.82, 2.24) is 10.6 Å². The van der Waals surface area contributed by atoms with Gasteiger partial charge in [-0.1, -0.05) is 17.7 Å². The van der Waals surface area contributed by atoms with Gasteiger partial charge in [-0.2, -0.15) is 13.2 Å². The van der Waals surface area contributed by atoms with E-state index in [-0.39, 0.29) is 5.69 Å². The van der Waals surface area contributed by atoms with Crippen LogP contribution in [0.4, 0.5) is 23.7 Å². The number of carbonyl (C=O) groups excluding carboxylic acids is 1. The number of carbonyl (C=O) groups is 1. The minimum atomic E-state index is -4.42. The maximum absolute atomic E-state index is 12.6. The van der Waals surface area contributed by atoms with Gasteiger partial charge in [0.1, 0.15) is 0 Å². The van der Waals surface area contributed by atoms with E-state index in [0.717, 1.165) is 38.1 Å². The van der Waals surface area contributed by atoms with Gasteiger partial charge in [0.2, 0.25) is 0 Å². The SMILES string of the molecule is O=C(NCCC1=CCNCC1)Nc1cccc(C(F)(F)F)c1. The van der Waals surface area contributed by atoms with Crippen LogP contribution in [-0.2, 0) is 6.18 Å². The third kappa shape index (κ3) is 5.07. The highest BCUT2D eigenvalue weighted by molar-refractivity contribution is 5.89. The minimum absolute atomic E-state index is 0.119. The van der Waals surface area contributed by atoms with Gasteiger partial charge in [-0.25, -0.2) is 4.79 Å².